The third kappa shape index (κ3) is 2.76. The third-order valence-electron chi connectivity index (χ3n) is 3.76. The van der Waals surface area contributed by atoms with Crippen molar-refractivity contribution in [2.24, 2.45) is 5.92 Å². The van der Waals surface area contributed by atoms with Crippen LogP contribution in [0.15, 0.2) is 24.3 Å². The number of benzene rings is 1. The molecule has 0 saturated heterocycles. The predicted molar refractivity (Wildman–Crippen MR) is 74.8 cm³/mol. The maximum atomic E-state index is 12.2. The molecule has 98 valence electrons. The molecule has 0 aromatic heterocycles. The van der Waals surface area contributed by atoms with Gasteiger partial charge in [-0.25, -0.2) is 0 Å². The molecule has 2 rings (SSSR count). The molecule has 0 aliphatic heterocycles. The lowest BCUT2D eigenvalue weighted by molar-refractivity contribution is -0.126. The van der Waals surface area contributed by atoms with Crippen LogP contribution in [-0.4, -0.2) is 24.8 Å². The van der Waals surface area contributed by atoms with Crippen LogP contribution < -0.4 is 0 Å². The Balaban J connectivity index is 2.34. The van der Waals surface area contributed by atoms with Crippen LogP contribution in [0, 0.1) is 5.92 Å². The smallest absolute Gasteiger partial charge is 0.137 e. The van der Waals surface area contributed by atoms with E-state index in [1.54, 1.807) is 0 Å². The van der Waals surface area contributed by atoms with Gasteiger partial charge in [0.2, 0.25) is 0 Å². The van der Waals surface area contributed by atoms with Crippen molar-refractivity contribution in [2.75, 3.05) is 14.1 Å². The molecular weight excluding hydrogens is 246 g/mol. The van der Waals surface area contributed by atoms with Gasteiger partial charge in [0.15, 0.2) is 0 Å². The average Bonchev–Trinajstić information content (AvgIpc) is 2.34. The first kappa shape index (κ1) is 13.6. The Hall–Kier alpha value is -0.860. The largest absolute Gasteiger partial charge is 0.302 e. The summed E-state index contributed by atoms with van der Waals surface area (Å²) in [5, 5.41) is 0.759. The van der Waals surface area contributed by atoms with Crippen molar-refractivity contribution in [3.63, 3.8) is 0 Å². The first-order valence-corrected chi connectivity index (χ1v) is 6.92. The minimum atomic E-state index is 0.0913. The maximum absolute atomic E-state index is 12.2. The van der Waals surface area contributed by atoms with E-state index in [0.29, 0.717) is 5.78 Å². The van der Waals surface area contributed by atoms with Crippen molar-refractivity contribution in [1.82, 2.24) is 4.90 Å². The van der Waals surface area contributed by atoms with E-state index < -0.39 is 0 Å². The molecule has 1 aromatic carbocycles. The number of rotatable bonds is 3. The number of halogens is 1. The van der Waals surface area contributed by atoms with E-state index >= 15 is 0 Å². The molecule has 0 spiro atoms. The highest BCUT2D eigenvalue weighted by molar-refractivity contribution is 6.31. The molecule has 1 aliphatic rings. The molecule has 2 nitrogen and oxygen atoms in total. The molecule has 18 heavy (non-hydrogen) atoms. The zero-order valence-electron chi connectivity index (χ0n) is 11.0. The number of hydrogen-bond acceptors (Lipinski definition) is 2. The number of carbonyl (C=O) groups is 1. The lowest BCUT2D eigenvalue weighted by Gasteiger charge is -2.34. The van der Waals surface area contributed by atoms with Gasteiger partial charge in [0.1, 0.15) is 5.78 Å². The quantitative estimate of drug-likeness (QED) is 0.831. The van der Waals surface area contributed by atoms with E-state index in [9.17, 15) is 4.79 Å². The standard InChI is InChI=1S/C15H20ClNO/c1-17(2)15(11-7-3-5-9-13(11)16)12-8-4-6-10-14(12)18/h3,5,7,9,12,15H,4,6,8,10H2,1-2H3/t12-,15+/m1/s1. The van der Waals surface area contributed by atoms with Gasteiger partial charge in [-0.15, -0.1) is 0 Å². The normalized spacial score (nSPS) is 22.2. The fraction of sp³-hybridized carbons (Fsp3) is 0.533. The molecule has 0 N–H and O–H groups in total. The van der Waals surface area contributed by atoms with E-state index in [4.69, 9.17) is 11.6 Å². The minimum absolute atomic E-state index is 0.0913. The summed E-state index contributed by atoms with van der Waals surface area (Å²) in [5.41, 5.74) is 1.07. The van der Waals surface area contributed by atoms with Crippen molar-refractivity contribution < 1.29 is 4.79 Å². The van der Waals surface area contributed by atoms with Crippen LogP contribution in [0.1, 0.15) is 37.3 Å². The maximum Gasteiger partial charge on any atom is 0.137 e. The fourth-order valence-electron chi connectivity index (χ4n) is 2.91. The number of carbonyl (C=O) groups excluding carboxylic acids is 1. The molecule has 0 radical (unpaired) electrons. The van der Waals surface area contributed by atoms with Crippen LogP contribution in [0.3, 0.4) is 0 Å². The second kappa shape index (κ2) is 5.85. The zero-order chi connectivity index (χ0) is 13.1. The van der Waals surface area contributed by atoms with E-state index in [0.717, 1.165) is 36.3 Å². The summed E-state index contributed by atoms with van der Waals surface area (Å²) in [6, 6.07) is 7.97. The molecule has 1 fully saturated rings. The van der Waals surface area contributed by atoms with E-state index in [2.05, 4.69) is 4.90 Å². The van der Waals surface area contributed by atoms with Crippen molar-refractivity contribution >= 4 is 17.4 Å². The molecule has 0 heterocycles. The number of ketones is 1. The molecule has 0 unspecified atom stereocenters. The van der Waals surface area contributed by atoms with Crippen molar-refractivity contribution in [3.05, 3.63) is 34.9 Å². The second-order valence-corrected chi connectivity index (χ2v) is 5.66. The molecule has 1 aromatic rings. The van der Waals surface area contributed by atoms with Crippen LogP contribution in [0.2, 0.25) is 5.02 Å². The first-order valence-electron chi connectivity index (χ1n) is 6.55. The van der Waals surface area contributed by atoms with Gasteiger partial charge in [0.05, 0.1) is 0 Å². The second-order valence-electron chi connectivity index (χ2n) is 5.25. The molecule has 0 amide bonds. The average molecular weight is 266 g/mol. The first-order chi connectivity index (χ1) is 8.61. The van der Waals surface area contributed by atoms with Gasteiger partial charge < -0.3 is 4.90 Å². The molecular formula is C15H20ClNO. The minimum Gasteiger partial charge on any atom is -0.302 e. The van der Waals surface area contributed by atoms with Crippen LogP contribution in [-0.2, 0) is 4.79 Å². The van der Waals surface area contributed by atoms with Gasteiger partial charge in [-0.2, -0.15) is 0 Å². The highest BCUT2D eigenvalue weighted by Crippen LogP contribution is 2.37. The Morgan fingerprint density at radius 3 is 2.61 bits per heavy atom. The molecule has 1 aliphatic carbocycles. The number of nitrogens with zero attached hydrogens (tertiary/aromatic N) is 1. The highest BCUT2D eigenvalue weighted by Gasteiger charge is 2.33. The van der Waals surface area contributed by atoms with Crippen LogP contribution in [0.5, 0.6) is 0 Å². The Labute approximate surface area is 114 Å². The van der Waals surface area contributed by atoms with Crippen LogP contribution in [0.25, 0.3) is 0 Å². The number of Topliss-reactive ketones (excluding diaryl/α,β-unsaturated/α-hetero) is 1. The summed E-state index contributed by atoms with van der Waals surface area (Å²) in [6.45, 7) is 0. The monoisotopic (exact) mass is 265 g/mol. The van der Waals surface area contributed by atoms with Gasteiger partial charge in [0.25, 0.3) is 0 Å². The molecule has 1 saturated carbocycles. The zero-order valence-corrected chi connectivity index (χ0v) is 11.8. The summed E-state index contributed by atoms with van der Waals surface area (Å²) in [5.74, 6) is 0.480. The summed E-state index contributed by atoms with van der Waals surface area (Å²) in [4.78, 5) is 14.3. The molecule has 2 atom stereocenters. The van der Waals surface area contributed by atoms with Gasteiger partial charge in [0, 0.05) is 23.4 Å². The summed E-state index contributed by atoms with van der Waals surface area (Å²) in [7, 11) is 4.05. The Bertz CT molecular complexity index is 430. The number of hydrogen-bond donors (Lipinski definition) is 0. The lowest BCUT2D eigenvalue weighted by atomic mass is 9.79. The summed E-state index contributed by atoms with van der Waals surface area (Å²) >= 11 is 6.29. The summed E-state index contributed by atoms with van der Waals surface area (Å²) < 4.78 is 0. The van der Waals surface area contributed by atoms with Gasteiger partial charge >= 0.3 is 0 Å². The van der Waals surface area contributed by atoms with Gasteiger partial charge in [-0.3, -0.25) is 4.79 Å². The Morgan fingerprint density at radius 2 is 2.00 bits per heavy atom. The fourth-order valence-corrected chi connectivity index (χ4v) is 3.16. The highest BCUT2D eigenvalue weighted by atomic mass is 35.5. The van der Waals surface area contributed by atoms with Gasteiger partial charge in [-0.05, 0) is 38.6 Å². The van der Waals surface area contributed by atoms with Crippen molar-refractivity contribution in [2.45, 2.75) is 31.7 Å². The Kier molecular flexibility index (Phi) is 4.41. The summed E-state index contributed by atoms with van der Waals surface area (Å²) in [6.07, 6.45) is 3.88. The SMILES string of the molecule is CN(C)[C@@H](c1ccccc1Cl)[C@@H]1CCCCC1=O. The van der Waals surface area contributed by atoms with E-state index in [1.807, 2.05) is 38.4 Å². The molecule has 0 bridgehead atoms. The van der Waals surface area contributed by atoms with E-state index in [-0.39, 0.29) is 12.0 Å². The van der Waals surface area contributed by atoms with E-state index in [1.165, 1.54) is 0 Å². The van der Waals surface area contributed by atoms with Crippen molar-refractivity contribution in [1.29, 1.82) is 0 Å². The van der Waals surface area contributed by atoms with Gasteiger partial charge in [-0.1, -0.05) is 36.2 Å². The third-order valence-corrected chi connectivity index (χ3v) is 4.11. The molecule has 3 heteroatoms. The Morgan fingerprint density at radius 1 is 1.28 bits per heavy atom. The lowest BCUT2D eigenvalue weighted by Crippen LogP contribution is -2.34. The van der Waals surface area contributed by atoms with Crippen LogP contribution >= 0.6 is 11.6 Å². The topological polar surface area (TPSA) is 20.3 Å². The van der Waals surface area contributed by atoms with Crippen molar-refractivity contribution in [3.8, 4) is 0 Å². The predicted octanol–water partition coefficient (Wildman–Crippen LogP) is 3.70. The van der Waals surface area contributed by atoms with Crippen LogP contribution in [0.4, 0.5) is 0 Å².